The Kier molecular flexibility index (Phi) is 4.98. The first-order chi connectivity index (χ1) is 11.5. The van der Waals surface area contributed by atoms with Crippen LogP contribution >= 0.6 is 11.3 Å². The first kappa shape index (κ1) is 17.1. The monoisotopic (exact) mass is 368 g/mol. The number of nitrogens with one attached hydrogen (secondary N) is 1. The Morgan fingerprint density at radius 1 is 1.21 bits per heavy atom. The van der Waals surface area contributed by atoms with Crippen molar-refractivity contribution in [1.82, 2.24) is 4.31 Å². The van der Waals surface area contributed by atoms with E-state index in [4.69, 9.17) is 0 Å². The molecule has 0 unspecified atom stereocenters. The normalized spacial score (nSPS) is 19.1. The van der Waals surface area contributed by atoms with Crippen LogP contribution in [0, 0.1) is 5.82 Å². The van der Waals surface area contributed by atoms with E-state index in [2.05, 4.69) is 5.32 Å². The molecule has 0 spiro atoms. The largest absolute Gasteiger partial charge is 0.322 e. The van der Waals surface area contributed by atoms with Crippen LogP contribution in [0.1, 0.15) is 19.3 Å². The van der Waals surface area contributed by atoms with E-state index < -0.39 is 27.8 Å². The summed E-state index contributed by atoms with van der Waals surface area (Å²) in [5, 5.41) is 4.20. The average Bonchev–Trinajstić information content (AvgIpc) is 3.12. The van der Waals surface area contributed by atoms with Crippen LogP contribution in [0.15, 0.2) is 46.0 Å². The Morgan fingerprint density at radius 2 is 2.00 bits per heavy atom. The summed E-state index contributed by atoms with van der Waals surface area (Å²) in [6, 6.07) is 8.20. The number of thiophene rings is 1. The van der Waals surface area contributed by atoms with Gasteiger partial charge in [0.15, 0.2) is 0 Å². The fraction of sp³-hybridized carbons (Fsp3) is 0.312. The summed E-state index contributed by atoms with van der Waals surface area (Å²) in [4.78, 5) is 12.6. The van der Waals surface area contributed by atoms with Crippen LogP contribution in [-0.4, -0.2) is 31.2 Å². The van der Waals surface area contributed by atoms with Gasteiger partial charge in [-0.25, -0.2) is 12.8 Å². The highest BCUT2D eigenvalue weighted by Crippen LogP contribution is 2.28. The number of amides is 1. The number of anilines is 1. The zero-order chi connectivity index (χ0) is 17.2. The van der Waals surface area contributed by atoms with Crippen molar-refractivity contribution in [3.05, 3.63) is 47.6 Å². The lowest BCUT2D eigenvalue weighted by Crippen LogP contribution is -2.49. The number of halogens is 1. The lowest BCUT2D eigenvalue weighted by Gasteiger charge is -2.33. The molecule has 1 atom stereocenters. The van der Waals surface area contributed by atoms with E-state index in [1.807, 2.05) is 0 Å². The standard InChI is InChI=1S/C16H17FN2O3S2/c17-12-6-1-2-7-13(12)18-16(20)14-8-3-4-10-19(14)24(21,22)15-9-5-11-23-15/h1-2,5-7,9,11,14H,3-4,8,10H2,(H,18,20)/t14-/m0/s1. The Bertz CT molecular complexity index is 822. The lowest BCUT2D eigenvalue weighted by atomic mass is 10.0. The quantitative estimate of drug-likeness (QED) is 0.902. The number of carbonyl (C=O) groups is 1. The van der Waals surface area contributed by atoms with Crippen LogP contribution in [-0.2, 0) is 14.8 Å². The van der Waals surface area contributed by atoms with Gasteiger partial charge in [-0.15, -0.1) is 11.3 Å². The van der Waals surface area contributed by atoms with Gasteiger partial charge in [0.25, 0.3) is 10.0 Å². The second kappa shape index (κ2) is 7.00. The first-order valence-electron chi connectivity index (χ1n) is 7.61. The van der Waals surface area contributed by atoms with Gasteiger partial charge in [-0.05, 0) is 36.4 Å². The third-order valence-electron chi connectivity index (χ3n) is 3.95. The first-order valence-corrected chi connectivity index (χ1v) is 9.93. The molecule has 3 rings (SSSR count). The van der Waals surface area contributed by atoms with E-state index in [9.17, 15) is 17.6 Å². The molecular formula is C16H17FN2O3S2. The minimum atomic E-state index is -3.72. The Balaban J connectivity index is 1.85. The van der Waals surface area contributed by atoms with Gasteiger partial charge in [0, 0.05) is 6.54 Å². The summed E-state index contributed by atoms with van der Waals surface area (Å²) in [6.07, 6.45) is 1.88. The molecule has 1 amide bonds. The lowest BCUT2D eigenvalue weighted by molar-refractivity contribution is -0.120. The fourth-order valence-corrected chi connectivity index (χ4v) is 5.54. The highest BCUT2D eigenvalue weighted by molar-refractivity contribution is 7.91. The highest BCUT2D eigenvalue weighted by atomic mass is 32.2. The van der Waals surface area contributed by atoms with Gasteiger partial charge in [0.1, 0.15) is 16.1 Å². The predicted octanol–water partition coefficient (Wildman–Crippen LogP) is 3.07. The van der Waals surface area contributed by atoms with Gasteiger partial charge in [-0.1, -0.05) is 24.6 Å². The minimum absolute atomic E-state index is 0.0570. The summed E-state index contributed by atoms with van der Waals surface area (Å²) in [6.45, 7) is 0.287. The van der Waals surface area contributed by atoms with Crippen LogP contribution in [0.3, 0.4) is 0 Å². The van der Waals surface area contributed by atoms with Gasteiger partial charge < -0.3 is 5.32 Å². The topological polar surface area (TPSA) is 66.5 Å². The maximum atomic E-state index is 13.7. The number of nitrogens with zero attached hydrogens (tertiary/aromatic N) is 1. The minimum Gasteiger partial charge on any atom is -0.322 e. The van der Waals surface area contributed by atoms with Crippen molar-refractivity contribution in [3.63, 3.8) is 0 Å². The van der Waals surface area contributed by atoms with Crippen LogP contribution in [0.4, 0.5) is 10.1 Å². The van der Waals surface area contributed by atoms with Crippen LogP contribution < -0.4 is 5.32 Å². The Morgan fingerprint density at radius 3 is 2.71 bits per heavy atom. The van der Waals surface area contributed by atoms with E-state index in [0.29, 0.717) is 12.8 Å². The molecule has 2 heterocycles. The smallest absolute Gasteiger partial charge is 0.253 e. The molecule has 5 nitrogen and oxygen atoms in total. The van der Waals surface area contributed by atoms with Crippen molar-refractivity contribution < 1.29 is 17.6 Å². The molecule has 0 aliphatic carbocycles. The molecule has 0 radical (unpaired) electrons. The van der Waals surface area contributed by atoms with E-state index in [1.165, 1.54) is 28.6 Å². The summed E-state index contributed by atoms with van der Waals surface area (Å²) >= 11 is 1.12. The number of hydrogen-bond acceptors (Lipinski definition) is 4. The zero-order valence-electron chi connectivity index (χ0n) is 12.8. The second-order valence-corrected chi connectivity index (χ2v) is 8.59. The molecule has 1 aliphatic rings. The molecule has 1 fully saturated rings. The second-order valence-electron chi connectivity index (χ2n) is 5.53. The number of sulfonamides is 1. The highest BCUT2D eigenvalue weighted by Gasteiger charge is 2.38. The summed E-state index contributed by atoms with van der Waals surface area (Å²) < 4.78 is 40.7. The van der Waals surface area contributed by atoms with E-state index in [0.717, 1.165) is 17.8 Å². The van der Waals surface area contributed by atoms with Crippen LogP contribution in [0.25, 0.3) is 0 Å². The number of benzene rings is 1. The molecule has 1 aromatic carbocycles. The van der Waals surface area contributed by atoms with Crippen LogP contribution in [0.5, 0.6) is 0 Å². The third-order valence-corrected chi connectivity index (χ3v) is 7.23. The Labute approximate surface area is 144 Å². The van der Waals surface area contributed by atoms with Gasteiger partial charge in [0.2, 0.25) is 5.91 Å². The summed E-state index contributed by atoms with van der Waals surface area (Å²) in [5.41, 5.74) is 0.0570. The summed E-state index contributed by atoms with van der Waals surface area (Å²) in [5.74, 6) is -1.05. The van der Waals surface area contributed by atoms with Crippen molar-refractivity contribution in [2.24, 2.45) is 0 Å². The molecule has 8 heteroatoms. The van der Waals surface area contributed by atoms with Crippen molar-refractivity contribution in [2.45, 2.75) is 29.5 Å². The molecule has 128 valence electrons. The molecular weight excluding hydrogens is 351 g/mol. The number of piperidine rings is 1. The van der Waals surface area contributed by atoms with Crippen molar-refractivity contribution in [3.8, 4) is 0 Å². The fourth-order valence-electron chi connectivity index (χ4n) is 2.76. The predicted molar refractivity (Wildman–Crippen MR) is 90.9 cm³/mol. The van der Waals surface area contributed by atoms with Crippen molar-refractivity contribution >= 4 is 33.0 Å². The molecule has 0 bridgehead atoms. The van der Waals surface area contributed by atoms with Gasteiger partial charge in [-0.3, -0.25) is 4.79 Å². The number of para-hydroxylation sites is 1. The molecule has 2 aromatic rings. The molecule has 1 N–H and O–H groups in total. The third kappa shape index (κ3) is 3.35. The number of carbonyl (C=O) groups excluding carboxylic acids is 1. The molecule has 24 heavy (non-hydrogen) atoms. The van der Waals surface area contributed by atoms with Gasteiger partial charge in [0.05, 0.1) is 5.69 Å². The van der Waals surface area contributed by atoms with Gasteiger partial charge in [-0.2, -0.15) is 4.31 Å². The number of hydrogen-bond donors (Lipinski definition) is 1. The molecule has 1 aromatic heterocycles. The zero-order valence-corrected chi connectivity index (χ0v) is 14.4. The average molecular weight is 368 g/mol. The Hall–Kier alpha value is -1.77. The van der Waals surface area contributed by atoms with Crippen LogP contribution in [0.2, 0.25) is 0 Å². The van der Waals surface area contributed by atoms with Gasteiger partial charge >= 0.3 is 0 Å². The maximum absolute atomic E-state index is 13.7. The SMILES string of the molecule is O=C(Nc1ccccc1F)[C@@H]1CCCCN1S(=O)(=O)c1cccs1. The molecule has 1 saturated heterocycles. The summed E-state index contributed by atoms with van der Waals surface area (Å²) in [7, 11) is -3.72. The van der Waals surface area contributed by atoms with Crippen molar-refractivity contribution in [1.29, 1.82) is 0 Å². The van der Waals surface area contributed by atoms with E-state index in [1.54, 1.807) is 17.5 Å². The molecule has 0 saturated carbocycles. The van der Waals surface area contributed by atoms with Crippen molar-refractivity contribution in [2.75, 3.05) is 11.9 Å². The van der Waals surface area contributed by atoms with E-state index >= 15 is 0 Å². The number of rotatable bonds is 4. The maximum Gasteiger partial charge on any atom is 0.253 e. The molecule has 1 aliphatic heterocycles. The van der Waals surface area contributed by atoms with E-state index in [-0.39, 0.29) is 16.4 Å².